The van der Waals surface area contributed by atoms with E-state index in [1.165, 1.54) is 60.4 Å². The van der Waals surface area contributed by atoms with E-state index in [4.69, 9.17) is 0 Å². The summed E-state index contributed by atoms with van der Waals surface area (Å²) >= 11 is 0. The molecule has 4 aliphatic rings. The Kier molecular flexibility index (Phi) is 3.94. The molecule has 2 fully saturated rings. The number of fused-ring (bicyclic) bond motifs is 2. The van der Waals surface area contributed by atoms with Gasteiger partial charge in [-0.15, -0.1) is 0 Å². The number of rotatable bonds is 2. The zero-order valence-corrected chi connectivity index (χ0v) is 17.4. The van der Waals surface area contributed by atoms with Crippen LogP contribution in [-0.2, 0) is 4.79 Å². The van der Waals surface area contributed by atoms with E-state index in [-0.39, 0.29) is 5.78 Å². The van der Waals surface area contributed by atoms with Crippen molar-refractivity contribution in [2.24, 2.45) is 0 Å². The van der Waals surface area contributed by atoms with Crippen molar-refractivity contribution in [3.63, 3.8) is 0 Å². The lowest BCUT2D eigenvalue weighted by Crippen LogP contribution is -2.50. The van der Waals surface area contributed by atoms with Crippen LogP contribution >= 0.6 is 0 Å². The van der Waals surface area contributed by atoms with Crippen LogP contribution in [0.25, 0.3) is 6.08 Å². The smallest absolute Gasteiger partial charge is 0.208 e. The highest BCUT2D eigenvalue weighted by molar-refractivity contribution is 6.98. The Morgan fingerprint density at radius 2 is 1.56 bits per heavy atom. The van der Waals surface area contributed by atoms with Crippen molar-refractivity contribution in [3.05, 3.63) is 52.4 Å². The summed E-state index contributed by atoms with van der Waals surface area (Å²) in [6.45, 7) is 9.19. The average molecular weight is 377 g/mol. The molecule has 0 aromatic heterocycles. The van der Waals surface area contributed by atoms with Crippen LogP contribution in [0.15, 0.2) is 46.8 Å². The maximum Gasteiger partial charge on any atom is 0.208 e. The fourth-order valence-corrected chi connectivity index (χ4v) is 8.20. The lowest BCUT2D eigenvalue weighted by atomic mass is 9.98. The summed E-state index contributed by atoms with van der Waals surface area (Å²) in [6.07, 6.45) is 11.5. The number of benzene rings is 1. The minimum atomic E-state index is -1.88. The van der Waals surface area contributed by atoms with Gasteiger partial charge in [-0.1, -0.05) is 25.2 Å². The Balaban J connectivity index is 1.58. The Bertz CT molecular complexity index is 897. The van der Waals surface area contributed by atoms with Gasteiger partial charge in [0.2, 0.25) is 5.78 Å². The molecule has 1 aromatic rings. The summed E-state index contributed by atoms with van der Waals surface area (Å²) in [5, 5.41) is 2.79. The van der Waals surface area contributed by atoms with Crippen LogP contribution in [0.3, 0.4) is 0 Å². The molecule has 4 heteroatoms. The molecule has 0 bridgehead atoms. The molecule has 3 nitrogen and oxygen atoms in total. The molecule has 1 aliphatic carbocycles. The number of nitrogens with zero attached hydrogens (tertiary/aromatic N) is 2. The van der Waals surface area contributed by atoms with Crippen LogP contribution in [-0.4, -0.2) is 44.9 Å². The van der Waals surface area contributed by atoms with Crippen molar-refractivity contribution in [3.8, 4) is 0 Å². The molecule has 0 unspecified atom stereocenters. The number of allylic oxidation sites excluding steroid dienone is 4. The topological polar surface area (TPSA) is 23.6 Å². The fraction of sp³-hybridized carbons (Fsp3) is 0.435. The largest absolute Gasteiger partial charge is 0.372 e. The number of carbonyl (C=O) groups is 1. The zero-order chi connectivity index (χ0) is 18.6. The molecular weight excluding hydrogens is 348 g/mol. The van der Waals surface area contributed by atoms with E-state index in [2.05, 4.69) is 59.3 Å². The van der Waals surface area contributed by atoms with Crippen molar-refractivity contribution in [2.45, 2.75) is 38.8 Å². The van der Waals surface area contributed by atoms with Crippen molar-refractivity contribution in [1.82, 2.24) is 4.90 Å². The quantitative estimate of drug-likeness (QED) is 0.737. The summed E-state index contributed by atoms with van der Waals surface area (Å²) in [5.74, 6) is 0.240. The first kappa shape index (κ1) is 17.1. The molecule has 0 amide bonds. The van der Waals surface area contributed by atoms with E-state index in [1.54, 1.807) is 0 Å². The monoisotopic (exact) mass is 376 g/mol. The number of hydrogen-bond donors (Lipinski definition) is 0. The summed E-state index contributed by atoms with van der Waals surface area (Å²) < 4.78 is 0. The highest BCUT2D eigenvalue weighted by Gasteiger charge is 2.40. The van der Waals surface area contributed by atoms with E-state index in [0.29, 0.717) is 0 Å². The first-order valence-electron chi connectivity index (χ1n) is 10.4. The minimum Gasteiger partial charge on any atom is -0.372 e. The standard InChI is InChI=1S/C23H28N2OSi/c1-27(2)21-10-9-20(25-13-5-6-14-25)23(26)19(21)15-17-7-8-18(16-22(17)27)24-11-3-4-12-24/h7-10,15-16H,3-6,11-14H2,1-2H3. The molecule has 2 saturated heterocycles. The van der Waals surface area contributed by atoms with Crippen LogP contribution in [0, 0.1) is 0 Å². The van der Waals surface area contributed by atoms with Gasteiger partial charge in [-0.2, -0.15) is 0 Å². The van der Waals surface area contributed by atoms with Gasteiger partial charge in [0.15, 0.2) is 0 Å². The SMILES string of the molecule is C[Si]1(C)C2=CC=C(N3CCCC3)C(=O)C2=Cc2ccc(N3CCCC3)cc21. The third kappa shape index (κ3) is 2.65. The Morgan fingerprint density at radius 1 is 0.889 bits per heavy atom. The molecule has 0 radical (unpaired) electrons. The lowest BCUT2D eigenvalue weighted by molar-refractivity contribution is -0.113. The third-order valence-corrected chi connectivity index (χ3v) is 10.3. The van der Waals surface area contributed by atoms with Gasteiger partial charge in [-0.05, 0) is 65.9 Å². The van der Waals surface area contributed by atoms with Gasteiger partial charge in [-0.25, -0.2) is 0 Å². The van der Waals surface area contributed by atoms with Gasteiger partial charge in [0.25, 0.3) is 0 Å². The number of likely N-dealkylation sites (tertiary alicyclic amines) is 1. The van der Waals surface area contributed by atoms with Gasteiger partial charge in [0.05, 0.1) is 5.70 Å². The van der Waals surface area contributed by atoms with Gasteiger partial charge < -0.3 is 9.80 Å². The molecule has 0 N–H and O–H groups in total. The molecule has 0 atom stereocenters. The second kappa shape index (κ2) is 6.23. The van der Waals surface area contributed by atoms with Crippen molar-refractivity contribution < 1.29 is 4.79 Å². The predicted octanol–water partition coefficient (Wildman–Crippen LogP) is 3.63. The maximum absolute atomic E-state index is 13.3. The third-order valence-electron chi connectivity index (χ3n) is 6.78. The first-order chi connectivity index (χ1) is 13.1. The fourth-order valence-electron chi connectivity index (χ4n) is 5.17. The maximum atomic E-state index is 13.3. The molecule has 0 spiro atoms. The number of Topliss-reactive ketones (excluding diaryl/α,β-unsaturated/α-hetero) is 1. The summed E-state index contributed by atoms with van der Waals surface area (Å²) in [6, 6.07) is 6.93. The highest BCUT2D eigenvalue weighted by atomic mass is 28.3. The average Bonchev–Trinajstić information content (AvgIpc) is 3.36. The van der Waals surface area contributed by atoms with Gasteiger partial charge in [0.1, 0.15) is 8.07 Å². The van der Waals surface area contributed by atoms with Crippen LogP contribution in [0.4, 0.5) is 5.69 Å². The number of hydrogen-bond acceptors (Lipinski definition) is 3. The van der Waals surface area contributed by atoms with Crippen LogP contribution in [0.1, 0.15) is 31.2 Å². The second-order valence-corrected chi connectivity index (χ2v) is 13.1. The van der Waals surface area contributed by atoms with E-state index in [9.17, 15) is 4.79 Å². The van der Waals surface area contributed by atoms with Crippen LogP contribution in [0.5, 0.6) is 0 Å². The molecule has 3 heterocycles. The summed E-state index contributed by atoms with van der Waals surface area (Å²) in [5.41, 5.74) is 4.49. The molecular formula is C23H28N2OSi. The second-order valence-electron chi connectivity index (χ2n) is 8.80. The Labute approximate surface area is 163 Å². The van der Waals surface area contributed by atoms with E-state index < -0.39 is 8.07 Å². The van der Waals surface area contributed by atoms with Crippen molar-refractivity contribution >= 4 is 30.8 Å². The summed E-state index contributed by atoms with van der Waals surface area (Å²) in [4.78, 5) is 18.1. The van der Waals surface area contributed by atoms with Crippen LogP contribution in [0.2, 0.25) is 13.1 Å². The molecule has 5 rings (SSSR count). The number of carbonyl (C=O) groups excluding carboxylic acids is 1. The minimum absolute atomic E-state index is 0.240. The molecule has 0 saturated carbocycles. The zero-order valence-electron chi connectivity index (χ0n) is 16.4. The van der Waals surface area contributed by atoms with Crippen molar-refractivity contribution in [1.29, 1.82) is 0 Å². The van der Waals surface area contributed by atoms with E-state index >= 15 is 0 Å². The van der Waals surface area contributed by atoms with Gasteiger partial charge in [-0.3, -0.25) is 4.79 Å². The van der Waals surface area contributed by atoms with Crippen molar-refractivity contribution in [2.75, 3.05) is 31.1 Å². The lowest BCUT2D eigenvalue weighted by Gasteiger charge is -2.37. The van der Waals surface area contributed by atoms with Gasteiger partial charge in [0, 0.05) is 37.4 Å². The van der Waals surface area contributed by atoms with E-state index in [1.807, 2.05) is 0 Å². The highest BCUT2D eigenvalue weighted by Crippen LogP contribution is 2.37. The number of anilines is 1. The van der Waals surface area contributed by atoms with Gasteiger partial charge >= 0.3 is 0 Å². The first-order valence-corrected chi connectivity index (χ1v) is 13.4. The number of ketones is 1. The molecule has 140 valence electrons. The normalized spacial score (nSPS) is 23.6. The Hall–Kier alpha value is -2.07. The molecule has 3 aliphatic heterocycles. The van der Waals surface area contributed by atoms with E-state index in [0.717, 1.165) is 24.4 Å². The van der Waals surface area contributed by atoms with Crippen LogP contribution < -0.4 is 10.1 Å². The summed E-state index contributed by atoms with van der Waals surface area (Å²) in [7, 11) is -1.88. The molecule has 27 heavy (non-hydrogen) atoms. The molecule has 1 aromatic carbocycles. The Morgan fingerprint density at radius 3 is 2.26 bits per heavy atom. The predicted molar refractivity (Wildman–Crippen MR) is 115 cm³/mol.